The van der Waals surface area contributed by atoms with Crippen LogP contribution in [0.2, 0.25) is 5.02 Å². The van der Waals surface area contributed by atoms with Crippen LogP contribution >= 0.6 is 11.6 Å². The monoisotopic (exact) mass is 267 g/mol. The Hall–Kier alpha value is -2.01. The van der Waals surface area contributed by atoms with Crippen molar-refractivity contribution in [2.24, 2.45) is 10.9 Å². The van der Waals surface area contributed by atoms with E-state index in [1.807, 2.05) is 0 Å². The zero-order valence-corrected chi connectivity index (χ0v) is 10.1. The maximum Gasteiger partial charge on any atom is 0.186 e. The lowest BCUT2D eigenvalue weighted by Crippen LogP contribution is -2.18. The molecule has 0 saturated carbocycles. The fourth-order valence-corrected chi connectivity index (χ4v) is 1.86. The molecule has 18 heavy (non-hydrogen) atoms. The third-order valence-corrected chi connectivity index (χ3v) is 2.92. The van der Waals surface area contributed by atoms with Gasteiger partial charge in [0.05, 0.1) is 5.69 Å². The standard InChI is InChI=1S/C12H11ClFN3O/c13-10-4-3-9(14)6-8(10)7-17-5-1-2-11(17)12(15)16-18/h1-6,18H,7H2,(H2,15,16). The van der Waals surface area contributed by atoms with Crippen LogP contribution in [-0.4, -0.2) is 15.6 Å². The normalized spacial score (nSPS) is 11.8. The molecule has 2 aromatic rings. The Kier molecular flexibility index (Phi) is 3.53. The van der Waals surface area contributed by atoms with E-state index < -0.39 is 0 Å². The van der Waals surface area contributed by atoms with Gasteiger partial charge >= 0.3 is 0 Å². The maximum atomic E-state index is 13.1. The van der Waals surface area contributed by atoms with Crippen LogP contribution in [0.5, 0.6) is 0 Å². The van der Waals surface area contributed by atoms with Gasteiger partial charge in [-0.2, -0.15) is 0 Å². The fourth-order valence-electron chi connectivity index (χ4n) is 1.68. The average Bonchev–Trinajstić information content (AvgIpc) is 2.81. The van der Waals surface area contributed by atoms with Gasteiger partial charge in [-0.3, -0.25) is 0 Å². The van der Waals surface area contributed by atoms with Crippen molar-refractivity contribution in [2.45, 2.75) is 6.54 Å². The van der Waals surface area contributed by atoms with Crippen LogP contribution in [0.25, 0.3) is 0 Å². The van der Waals surface area contributed by atoms with Gasteiger partial charge in [-0.15, -0.1) is 0 Å². The molecule has 0 radical (unpaired) electrons. The molecule has 0 aliphatic rings. The lowest BCUT2D eigenvalue weighted by atomic mass is 10.2. The van der Waals surface area contributed by atoms with Crippen molar-refractivity contribution in [3.8, 4) is 0 Å². The van der Waals surface area contributed by atoms with E-state index in [1.54, 1.807) is 22.9 Å². The van der Waals surface area contributed by atoms with E-state index in [2.05, 4.69) is 5.16 Å². The van der Waals surface area contributed by atoms with E-state index in [9.17, 15) is 4.39 Å². The van der Waals surface area contributed by atoms with Gasteiger partial charge in [0.15, 0.2) is 5.84 Å². The van der Waals surface area contributed by atoms with Gasteiger partial charge in [-0.1, -0.05) is 16.8 Å². The molecule has 0 atom stereocenters. The highest BCUT2D eigenvalue weighted by atomic mass is 35.5. The highest BCUT2D eigenvalue weighted by molar-refractivity contribution is 6.31. The summed E-state index contributed by atoms with van der Waals surface area (Å²) in [6.45, 7) is 0.342. The van der Waals surface area contributed by atoms with Crippen molar-refractivity contribution in [3.63, 3.8) is 0 Å². The number of rotatable bonds is 3. The van der Waals surface area contributed by atoms with E-state index in [-0.39, 0.29) is 11.7 Å². The molecule has 3 N–H and O–H groups in total. The third-order valence-electron chi connectivity index (χ3n) is 2.55. The molecule has 2 rings (SSSR count). The SMILES string of the molecule is N/C(=N/O)c1cccn1Cc1cc(F)ccc1Cl. The molecule has 0 aliphatic carbocycles. The first kappa shape index (κ1) is 12.4. The second-order valence-electron chi connectivity index (χ2n) is 3.74. The first-order valence-corrected chi connectivity index (χ1v) is 5.56. The van der Waals surface area contributed by atoms with Gasteiger partial charge < -0.3 is 15.5 Å². The average molecular weight is 268 g/mol. The molecule has 0 aliphatic heterocycles. The minimum absolute atomic E-state index is 0.00692. The van der Waals surface area contributed by atoms with Crippen LogP contribution < -0.4 is 5.73 Å². The molecule has 1 aromatic carbocycles. The Morgan fingerprint density at radius 2 is 2.22 bits per heavy atom. The lowest BCUT2D eigenvalue weighted by molar-refractivity contribution is 0.318. The maximum absolute atomic E-state index is 13.1. The van der Waals surface area contributed by atoms with Gasteiger partial charge in [0.25, 0.3) is 0 Å². The Morgan fingerprint density at radius 1 is 1.44 bits per heavy atom. The quantitative estimate of drug-likeness (QED) is 0.388. The number of oxime groups is 1. The molecular formula is C12H11ClFN3O. The molecule has 0 unspecified atom stereocenters. The molecule has 1 aromatic heterocycles. The first-order chi connectivity index (χ1) is 8.61. The molecular weight excluding hydrogens is 257 g/mol. The summed E-state index contributed by atoms with van der Waals surface area (Å²) in [6.07, 6.45) is 1.74. The predicted molar refractivity (Wildman–Crippen MR) is 67.5 cm³/mol. The first-order valence-electron chi connectivity index (χ1n) is 5.19. The van der Waals surface area contributed by atoms with Gasteiger partial charge in [-0.25, -0.2) is 4.39 Å². The summed E-state index contributed by atoms with van der Waals surface area (Å²) in [4.78, 5) is 0. The minimum atomic E-state index is -0.355. The zero-order valence-electron chi connectivity index (χ0n) is 9.35. The summed E-state index contributed by atoms with van der Waals surface area (Å²) in [5.74, 6) is -0.362. The molecule has 4 nitrogen and oxygen atoms in total. The molecule has 0 amide bonds. The van der Waals surface area contributed by atoms with Crippen LogP contribution in [0.1, 0.15) is 11.3 Å². The largest absolute Gasteiger partial charge is 0.409 e. The van der Waals surface area contributed by atoms with Crippen molar-refractivity contribution in [1.82, 2.24) is 4.57 Å². The molecule has 1 heterocycles. The number of nitrogens with zero attached hydrogens (tertiary/aromatic N) is 2. The van der Waals surface area contributed by atoms with E-state index in [1.165, 1.54) is 18.2 Å². The second kappa shape index (κ2) is 5.10. The second-order valence-corrected chi connectivity index (χ2v) is 4.15. The van der Waals surface area contributed by atoms with Crippen LogP contribution in [-0.2, 0) is 6.54 Å². The summed E-state index contributed by atoms with van der Waals surface area (Å²) >= 11 is 5.99. The van der Waals surface area contributed by atoms with Gasteiger partial charge in [0.2, 0.25) is 0 Å². The van der Waals surface area contributed by atoms with Crippen LogP contribution in [0.4, 0.5) is 4.39 Å². The Balaban J connectivity index is 2.35. The van der Waals surface area contributed by atoms with Crippen LogP contribution in [0.15, 0.2) is 41.7 Å². The Bertz CT molecular complexity index is 595. The topological polar surface area (TPSA) is 63.5 Å². The minimum Gasteiger partial charge on any atom is -0.409 e. The summed E-state index contributed by atoms with van der Waals surface area (Å²) in [6, 6.07) is 7.60. The summed E-state index contributed by atoms with van der Waals surface area (Å²) in [5, 5.41) is 12.1. The smallest absolute Gasteiger partial charge is 0.186 e. The number of hydrogen-bond donors (Lipinski definition) is 2. The van der Waals surface area contributed by atoms with Gasteiger partial charge in [-0.05, 0) is 35.9 Å². The van der Waals surface area contributed by atoms with Gasteiger partial charge in [0.1, 0.15) is 5.82 Å². The summed E-state index contributed by atoms with van der Waals surface area (Å²) in [5.41, 5.74) is 6.70. The van der Waals surface area contributed by atoms with E-state index in [0.29, 0.717) is 22.8 Å². The molecule has 0 fully saturated rings. The molecule has 6 heteroatoms. The zero-order chi connectivity index (χ0) is 13.1. The number of aromatic nitrogens is 1. The van der Waals surface area contributed by atoms with Crippen molar-refractivity contribution in [3.05, 3.63) is 58.6 Å². The van der Waals surface area contributed by atoms with Crippen molar-refractivity contribution >= 4 is 17.4 Å². The highest BCUT2D eigenvalue weighted by Crippen LogP contribution is 2.19. The number of nitrogens with two attached hydrogens (primary N) is 1. The number of hydrogen-bond acceptors (Lipinski definition) is 2. The molecule has 0 bridgehead atoms. The highest BCUT2D eigenvalue weighted by Gasteiger charge is 2.08. The van der Waals surface area contributed by atoms with Crippen molar-refractivity contribution in [2.75, 3.05) is 0 Å². The number of benzene rings is 1. The fraction of sp³-hybridized carbons (Fsp3) is 0.0833. The van der Waals surface area contributed by atoms with E-state index in [0.717, 1.165) is 0 Å². The Labute approximate surface area is 108 Å². The summed E-state index contributed by atoms with van der Waals surface area (Å²) < 4.78 is 14.9. The molecule has 0 spiro atoms. The predicted octanol–water partition coefficient (Wildman–Crippen LogP) is 2.42. The summed E-state index contributed by atoms with van der Waals surface area (Å²) in [7, 11) is 0. The third kappa shape index (κ3) is 2.46. The van der Waals surface area contributed by atoms with Crippen LogP contribution in [0, 0.1) is 5.82 Å². The molecule has 94 valence electrons. The van der Waals surface area contributed by atoms with E-state index >= 15 is 0 Å². The van der Waals surface area contributed by atoms with Gasteiger partial charge in [0, 0.05) is 17.8 Å². The van der Waals surface area contributed by atoms with E-state index in [4.69, 9.17) is 22.5 Å². The number of halogens is 2. The van der Waals surface area contributed by atoms with Crippen molar-refractivity contribution < 1.29 is 9.60 Å². The Morgan fingerprint density at radius 3 is 2.94 bits per heavy atom. The number of amidine groups is 1. The van der Waals surface area contributed by atoms with Crippen LogP contribution in [0.3, 0.4) is 0 Å². The van der Waals surface area contributed by atoms with Crippen molar-refractivity contribution in [1.29, 1.82) is 0 Å². The molecule has 0 saturated heterocycles. The lowest BCUT2D eigenvalue weighted by Gasteiger charge is -2.09.